The van der Waals surface area contributed by atoms with E-state index in [0.717, 1.165) is 13.1 Å². The second-order valence-electron chi connectivity index (χ2n) is 6.43. The van der Waals surface area contributed by atoms with Crippen LogP contribution in [0.25, 0.3) is 0 Å². The van der Waals surface area contributed by atoms with Gasteiger partial charge in [-0.15, -0.1) is 0 Å². The molecule has 1 saturated heterocycles. The van der Waals surface area contributed by atoms with E-state index in [4.69, 9.17) is 4.74 Å². The fraction of sp³-hybridized carbons (Fsp3) is 0.381. The van der Waals surface area contributed by atoms with Crippen LogP contribution in [0.3, 0.4) is 0 Å². The van der Waals surface area contributed by atoms with Crippen molar-refractivity contribution in [2.45, 2.75) is 25.3 Å². The molecule has 0 radical (unpaired) electrons. The van der Waals surface area contributed by atoms with Gasteiger partial charge in [-0.1, -0.05) is 48.9 Å². The zero-order chi connectivity index (χ0) is 17.5. The van der Waals surface area contributed by atoms with Gasteiger partial charge < -0.3 is 10.1 Å². The highest BCUT2D eigenvalue weighted by molar-refractivity contribution is 5.96. The van der Waals surface area contributed by atoms with Gasteiger partial charge in [0.2, 0.25) is 0 Å². The summed E-state index contributed by atoms with van der Waals surface area (Å²) >= 11 is 0. The summed E-state index contributed by atoms with van der Waals surface area (Å²) in [7, 11) is 1.59. The number of amides is 1. The highest BCUT2D eigenvalue weighted by Crippen LogP contribution is 2.24. The molecule has 0 unspecified atom stereocenters. The molecule has 2 aromatic rings. The Balaban J connectivity index is 1.73. The number of carbonyl (C=O) groups excluding carboxylic acids is 1. The van der Waals surface area contributed by atoms with E-state index < -0.39 is 0 Å². The third-order valence-corrected chi connectivity index (χ3v) is 4.82. The van der Waals surface area contributed by atoms with Crippen LogP contribution in [0.4, 0.5) is 0 Å². The van der Waals surface area contributed by atoms with Crippen LogP contribution >= 0.6 is 0 Å². The number of piperidine rings is 1. The lowest BCUT2D eigenvalue weighted by Crippen LogP contribution is -2.40. The largest absolute Gasteiger partial charge is 0.496 e. The zero-order valence-corrected chi connectivity index (χ0v) is 14.8. The molecule has 1 N–H and O–H groups in total. The predicted molar refractivity (Wildman–Crippen MR) is 99.9 cm³/mol. The second-order valence-corrected chi connectivity index (χ2v) is 6.43. The number of nitrogens with zero attached hydrogens (tertiary/aromatic N) is 1. The van der Waals surface area contributed by atoms with Gasteiger partial charge in [-0.05, 0) is 43.6 Å². The summed E-state index contributed by atoms with van der Waals surface area (Å²) in [6.07, 6.45) is 3.75. The van der Waals surface area contributed by atoms with Crippen molar-refractivity contribution in [2.75, 3.05) is 26.7 Å². The van der Waals surface area contributed by atoms with Gasteiger partial charge >= 0.3 is 0 Å². The van der Waals surface area contributed by atoms with Gasteiger partial charge in [0.25, 0.3) is 5.91 Å². The van der Waals surface area contributed by atoms with E-state index in [9.17, 15) is 4.79 Å². The maximum absolute atomic E-state index is 12.6. The van der Waals surface area contributed by atoms with Crippen molar-refractivity contribution < 1.29 is 9.53 Å². The molecule has 0 spiro atoms. The Hall–Kier alpha value is -2.33. The van der Waals surface area contributed by atoms with Crippen LogP contribution in [0.15, 0.2) is 54.6 Å². The maximum atomic E-state index is 12.6. The van der Waals surface area contributed by atoms with Gasteiger partial charge in [0, 0.05) is 6.54 Å². The van der Waals surface area contributed by atoms with Crippen LogP contribution in [0, 0.1) is 0 Å². The fourth-order valence-corrected chi connectivity index (χ4v) is 3.48. The fourth-order valence-electron chi connectivity index (χ4n) is 3.48. The summed E-state index contributed by atoms with van der Waals surface area (Å²) in [5.41, 5.74) is 1.83. The van der Waals surface area contributed by atoms with E-state index >= 15 is 0 Å². The summed E-state index contributed by atoms with van der Waals surface area (Å²) in [5.74, 6) is 0.518. The van der Waals surface area contributed by atoms with E-state index in [1.54, 1.807) is 13.2 Å². The van der Waals surface area contributed by atoms with Crippen molar-refractivity contribution in [3.63, 3.8) is 0 Å². The smallest absolute Gasteiger partial charge is 0.255 e. The summed E-state index contributed by atoms with van der Waals surface area (Å²) in [4.78, 5) is 15.1. The number of methoxy groups -OCH3 is 1. The SMILES string of the molecule is COc1ccccc1C(=O)NC[C@@H](c1ccccc1)N1CCCCC1. The van der Waals surface area contributed by atoms with Crippen LogP contribution in [0.1, 0.15) is 41.2 Å². The lowest BCUT2D eigenvalue weighted by atomic mass is 10.0. The quantitative estimate of drug-likeness (QED) is 0.874. The molecule has 0 saturated carbocycles. The van der Waals surface area contributed by atoms with Crippen LogP contribution in [-0.2, 0) is 0 Å². The molecule has 0 bridgehead atoms. The third-order valence-electron chi connectivity index (χ3n) is 4.82. The predicted octanol–water partition coefficient (Wildman–Crippen LogP) is 3.65. The van der Waals surface area contributed by atoms with Gasteiger partial charge in [-0.25, -0.2) is 0 Å². The molecule has 1 amide bonds. The molecule has 0 aliphatic carbocycles. The standard InChI is InChI=1S/C21H26N2O2/c1-25-20-13-7-6-12-18(20)21(24)22-16-19(17-10-4-2-5-11-17)23-14-8-3-9-15-23/h2,4-7,10-13,19H,3,8-9,14-16H2,1H3,(H,22,24)/t19-/m0/s1. The number of hydrogen-bond acceptors (Lipinski definition) is 3. The minimum Gasteiger partial charge on any atom is -0.496 e. The molecule has 4 nitrogen and oxygen atoms in total. The molecule has 3 rings (SSSR count). The summed E-state index contributed by atoms with van der Waals surface area (Å²) in [6, 6.07) is 18.0. The van der Waals surface area contributed by atoms with Gasteiger partial charge in [0.05, 0.1) is 18.7 Å². The first-order chi connectivity index (χ1) is 12.3. The van der Waals surface area contributed by atoms with Crippen LogP contribution < -0.4 is 10.1 Å². The molecule has 0 aromatic heterocycles. The molecular formula is C21H26N2O2. The van der Waals surface area contributed by atoms with Gasteiger partial charge in [-0.3, -0.25) is 9.69 Å². The highest BCUT2D eigenvalue weighted by Gasteiger charge is 2.23. The highest BCUT2D eigenvalue weighted by atomic mass is 16.5. The van der Waals surface area contributed by atoms with Crippen molar-refractivity contribution in [3.05, 3.63) is 65.7 Å². The third kappa shape index (κ3) is 4.40. The van der Waals surface area contributed by atoms with E-state index in [2.05, 4.69) is 34.5 Å². The van der Waals surface area contributed by atoms with Crippen LogP contribution in [-0.4, -0.2) is 37.6 Å². The Morgan fingerprint density at radius 2 is 1.72 bits per heavy atom. The lowest BCUT2D eigenvalue weighted by Gasteiger charge is -2.35. The summed E-state index contributed by atoms with van der Waals surface area (Å²) in [5, 5.41) is 3.11. The minimum absolute atomic E-state index is 0.0876. The molecule has 1 fully saturated rings. The molecule has 132 valence electrons. The minimum atomic E-state index is -0.0876. The van der Waals surface area contributed by atoms with E-state index in [-0.39, 0.29) is 11.9 Å². The Bertz CT molecular complexity index is 681. The van der Waals surface area contributed by atoms with Crippen LogP contribution in [0.2, 0.25) is 0 Å². The van der Waals surface area contributed by atoms with Gasteiger partial charge in [0.1, 0.15) is 5.75 Å². The first kappa shape index (κ1) is 17.5. The Morgan fingerprint density at radius 1 is 1.04 bits per heavy atom. The second kappa shape index (κ2) is 8.67. The molecular weight excluding hydrogens is 312 g/mol. The van der Waals surface area contributed by atoms with Crippen molar-refractivity contribution >= 4 is 5.91 Å². The maximum Gasteiger partial charge on any atom is 0.255 e. The summed E-state index contributed by atoms with van der Waals surface area (Å²) < 4.78 is 5.30. The van der Waals surface area contributed by atoms with E-state index in [1.807, 2.05) is 24.3 Å². The Labute approximate surface area is 149 Å². The number of likely N-dealkylation sites (tertiary alicyclic amines) is 1. The van der Waals surface area contributed by atoms with Crippen molar-refractivity contribution in [1.29, 1.82) is 0 Å². The molecule has 4 heteroatoms. The van der Waals surface area contributed by atoms with Crippen molar-refractivity contribution in [2.24, 2.45) is 0 Å². The topological polar surface area (TPSA) is 41.6 Å². The number of nitrogens with one attached hydrogen (secondary N) is 1. The zero-order valence-electron chi connectivity index (χ0n) is 14.8. The Kier molecular flexibility index (Phi) is 6.07. The lowest BCUT2D eigenvalue weighted by molar-refractivity contribution is 0.0921. The van der Waals surface area contributed by atoms with E-state index in [1.165, 1.54) is 24.8 Å². The number of benzene rings is 2. The van der Waals surface area contributed by atoms with Crippen molar-refractivity contribution in [1.82, 2.24) is 10.2 Å². The number of ether oxygens (including phenoxy) is 1. The normalized spacial score (nSPS) is 16.2. The molecule has 2 aromatic carbocycles. The average Bonchev–Trinajstić information content (AvgIpc) is 2.69. The van der Waals surface area contributed by atoms with Gasteiger partial charge in [0.15, 0.2) is 0 Å². The molecule has 1 aliphatic rings. The molecule has 1 heterocycles. The Morgan fingerprint density at radius 3 is 2.44 bits per heavy atom. The molecule has 1 atom stereocenters. The van der Waals surface area contributed by atoms with Gasteiger partial charge in [-0.2, -0.15) is 0 Å². The number of carbonyl (C=O) groups is 1. The molecule has 1 aliphatic heterocycles. The first-order valence-electron chi connectivity index (χ1n) is 9.00. The monoisotopic (exact) mass is 338 g/mol. The van der Waals surface area contributed by atoms with Crippen LogP contribution in [0.5, 0.6) is 5.75 Å². The van der Waals surface area contributed by atoms with Crippen molar-refractivity contribution in [3.8, 4) is 5.75 Å². The van der Waals surface area contributed by atoms with E-state index in [0.29, 0.717) is 17.9 Å². The first-order valence-corrected chi connectivity index (χ1v) is 9.00. The number of rotatable bonds is 6. The summed E-state index contributed by atoms with van der Waals surface area (Å²) in [6.45, 7) is 2.77. The number of hydrogen-bond donors (Lipinski definition) is 1. The molecule has 25 heavy (non-hydrogen) atoms. The average molecular weight is 338 g/mol. The number of para-hydroxylation sites is 1.